The maximum absolute atomic E-state index is 3.92. The summed E-state index contributed by atoms with van der Waals surface area (Å²) >= 11 is 0. The van der Waals surface area contributed by atoms with E-state index in [1.807, 2.05) is 0 Å². The Hall–Kier alpha value is -0.860. The van der Waals surface area contributed by atoms with E-state index in [-0.39, 0.29) is 0 Å². The van der Waals surface area contributed by atoms with Crippen LogP contribution in [-0.2, 0) is 0 Å². The number of hydrogen-bond acceptors (Lipinski definition) is 2. The highest BCUT2D eigenvalue weighted by Crippen LogP contribution is 2.33. The van der Waals surface area contributed by atoms with Gasteiger partial charge in [0, 0.05) is 24.2 Å². The van der Waals surface area contributed by atoms with E-state index in [1.165, 1.54) is 48.8 Å². The topological polar surface area (TPSA) is 15.3 Å². The first-order chi connectivity index (χ1) is 10.0. The van der Waals surface area contributed by atoms with Gasteiger partial charge in [-0.3, -0.25) is 0 Å². The van der Waals surface area contributed by atoms with E-state index >= 15 is 0 Å². The summed E-state index contributed by atoms with van der Waals surface area (Å²) in [6, 6.07) is 9.60. The summed E-state index contributed by atoms with van der Waals surface area (Å²) < 4.78 is 0. The second-order valence-electron chi connectivity index (χ2n) is 7.32. The Morgan fingerprint density at radius 1 is 1.14 bits per heavy atom. The second kappa shape index (κ2) is 6.10. The van der Waals surface area contributed by atoms with Crippen molar-refractivity contribution in [3.05, 3.63) is 34.9 Å². The maximum atomic E-state index is 3.92. The summed E-state index contributed by atoms with van der Waals surface area (Å²) in [5, 5.41) is 3.92. The summed E-state index contributed by atoms with van der Waals surface area (Å²) in [6.45, 7) is 6.74. The van der Waals surface area contributed by atoms with E-state index in [0.717, 1.165) is 12.1 Å². The average molecular weight is 286 g/mol. The lowest BCUT2D eigenvalue weighted by Gasteiger charge is -2.47. The standard InChI is InChI=1S/C19H30N2/c1-13-8-9-19(14(2)10-13)15(3)20-16-11-17-6-5-7-18(12-16)21(17)4/h8-10,15-18,20H,5-7,11-12H2,1-4H3. The van der Waals surface area contributed by atoms with Crippen LogP contribution >= 0.6 is 0 Å². The molecule has 0 aliphatic carbocycles. The van der Waals surface area contributed by atoms with E-state index in [0.29, 0.717) is 12.1 Å². The molecule has 2 aliphatic rings. The Kier molecular flexibility index (Phi) is 4.37. The van der Waals surface area contributed by atoms with Gasteiger partial charge in [0.2, 0.25) is 0 Å². The molecule has 2 heterocycles. The Bertz CT molecular complexity index is 482. The summed E-state index contributed by atoms with van der Waals surface area (Å²) in [5.74, 6) is 0. The third kappa shape index (κ3) is 3.17. The van der Waals surface area contributed by atoms with E-state index < -0.39 is 0 Å². The SMILES string of the molecule is Cc1ccc(C(C)NC2CC3CCCC(C2)N3C)c(C)c1. The minimum Gasteiger partial charge on any atom is -0.307 e. The van der Waals surface area contributed by atoms with Crippen LogP contribution in [0.4, 0.5) is 0 Å². The van der Waals surface area contributed by atoms with Gasteiger partial charge in [-0.25, -0.2) is 0 Å². The first-order valence-corrected chi connectivity index (χ1v) is 8.59. The fourth-order valence-electron chi connectivity index (χ4n) is 4.51. The molecule has 3 atom stereocenters. The summed E-state index contributed by atoms with van der Waals surface area (Å²) in [5.41, 5.74) is 4.24. The lowest BCUT2D eigenvalue weighted by atomic mass is 9.82. The first-order valence-electron chi connectivity index (χ1n) is 8.59. The molecule has 0 radical (unpaired) electrons. The van der Waals surface area contributed by atoms with Crippen LogP contribution in [0.25, 0.3) is 0 Å². The van der Waals surface area contributed by atoms with Crippen molar-refractivity contribution in [3.8, 4) is 0 Å². The zero-order valence-corrected chi connectivity index (χ0v) is 14.0. The number of rotatable bonds is 3. The number of aryl methyl sites for hydroxylation is 2. The van der Waals surface area contributed by atoms with Crippen molar-refractivity contribution in [2.24, 2.45) is 0 Å². The Labute approximate surface area is 129 Å². The van der Waals surface area contributed by atoms with Gasteiger partial charge in [0.05, 0.1) is 0 Å². The zero-order valence-electron chi connectivity index (χ0n) is 14.0. The predicted octanol–water partition coefficient (Wildman–Crippen LogP) is 3.97. The minimum atomic E-state index is 0.458. The van der Waals surface area contributed by atoms with Gasteiger partial charge in [0.25, 0.3) is 0 Å². The van der Waals surface area contributed by atoms with Crippen molar-refractivity contribution in [3.63, 3.8) is 0 Å². The van der Waals surface area contributed by atoms with Crippen molar-refractivity contribution < 1.29 is 0 Å². The molecule has 2 fully saturated rings. The second-order valence-corrected chi connectivity index (χ2v) is 7.32. The van der Waals surface area contributed by atoms with Crippen molar-refractivity contribution >= 4 is 0 Å². The van der Waals surface area contributed by atoms with Crippen LogP contribution in [0, 0.1) is 13.8 Å². The number of hydrogen-bond donors (Lipinski definition) is 1. The fraction of sp³-hybridized carbons (Fsp3) is 0.684. The molecule has 1 aromatic carbocycles. The van der Waals surface area contributed by atoms with Crippen LogP contribution in [0.1, 0.15) is 61.8 Å². The van der Waals surface area contributed by atoms with E-state index in [4.69, 9.17) is 0 Å². The minimum absolute atomic E-state index is 0.458. The summed E-state index contributed by atoms with van der Waals surface area (Å²) in [7, 11) is 2.33. The smallest absolute Gasteiger partial charge is 0.0296 e. The third-order valence-corrected chi connectivity index (χ3v) is 5.72. The lowest BCUT2D eigenvalue weighted by Crippen LogP contribution is -2.54. The number of nitrogens with one attached hydrogen (secondary N) is 1. The maximum Gasteiger partial charge on any atom is 0.0296 e. The monoisotopic (exact) mass is 286 g/mol. The van der Waals surface area contributed by atoms with Crippen LogP contribution < -0.4 is 5.32 Å². The lowest BCUT2D eigenvalue weighted by molar-refractivity contribution is 0.0462. The molecule has 2 nitrogen and oxygen atoms in total. The van der Waals surface area contributed by atoms with Gasteiger partial charge in [-0.15, -0.1) is 0 Å². The molecule has 2 aliphatic heterocycles. The molecule has 3 rings (SSSR count). The van der Waals surface area contributed by atoms with Crippen LogP contribution in [0.2, 0.25) is 0 Å². The normalized spacial score (nSPS) is 31.1. The van der Waals surface area contributed by atoms with Gasteiger partial charge in [-0.05, 0) is 64.6 Å². The van der Waals surface area contributed by atoms with Crippen molar-refractivity contribution in [2.75, 3.05) is 7.05 Å². The molecule has 116 valence electrons. The largest absolute Gasteiger partial charge is 0.307 e. The van der Waals surface area contributed by atoms with Crippen LogP contribution in [0.5, 0.6) is 0 Å². The summed E-state index contributed by atoms with van der Waals surface area (Å²) in [4.78, 5) is 2.64. The van der Waals surface area contributed by atoms with Gasteiger partial charge < -0.3 is 10.2 Å². The van der Waals surface area contributed by atoms with Crippen LogP contribution in [0.15, 0.2) is 18.2 Å². The molecule has 0 amide bonds. The number of benzene rings is 1. The Morgan fingerprint density at radius 3 is 2.43 bits per heavy atom. The molecular formula is C19H30N2. The number of piperidine rings is 2. The molecule has 0 saturated carbocycles. The van der Waals surface area contributed by atoms with Gasteiger partial charge in [0.15, 0.2) is 0 Å². The van der Waals surface area contributed by atoms with Gasteiger partial charge in [-0.2, -0.15) is 0 Å². The molecule has 21 heavy (non-hydrogen) atoms. The highest BCUT2D eigenvalue weighted by molar-refractivity contribution is 5.32. The Morgan fingerprint density at radius 2 is 1.81 bits per heavy atom. The highest BCUT2D eigenvalue weighted by Gasteiger charge is 2.36. The summed E-state index contributed by atoms with van der Waals surface area (Å²) in [6.07, 6.45) is 6.86. The van der Waals surface area contributed by atoms with E-state index in [2.05, 4.69) is 56.2 Å². The zero-order chi connectivity index (χ0) is 15.0. The predicted molar refractivity (Wildman–Crippen MR) is 89.7 cm³/mol. The molecule has 0 aromatic heterocycles. The van der Waals surface area contributed by atoms with Gasteiger partial charge >= 0.3 is 0 Å². The molecule has 2 saturated heterocycles. The quantitative estimate of drug-likeness (QED) is 0.904. The van der Waals surface area contributed by atoms with Crippen molar-refractivity contribution in [1.82, 2.24) is 10.2 Å². The number of fused-ring (bicyclic) bond motifs is 2. The molecule has 1 N–H and O–H groups in total. The first kappa shape index (κ1) is 15.1. The van der Waals surface area contributed by atoms with Gasteiger partial charge in [0.1, 0.15) is 0 Å². The molecule has 1 aromatic rings. The third-order valence-electron chi connectivity index (χ3n) is 5.72. The molecule has 2 bridgehead atoms. The van der Waals surface area contributed by atoms with Crippen molar-refractivity contribution in [2.45, 2.75) is 77.0 Å². The van der Waals surface area contributed by atoms with E-state index in [9.17, 15) is 0 Å². The van der Waals surface area contributed by atoms with Crippen LogP contribution in [0.3, 0.4) is 0 Å². The highest BCUT2D eigenvalue weighted by atomic mass is 15.2. The van der Waals surface area contributed by atoms with Gasteiger partial charge in [-0.1, -0.05) is 30.2 Å². The molecule has 0 spiro atoms. The van der Waals surface area contributed by atoms with Crippen molar-refractivity contribution in [1.29, 1.82) is 0 Å². The number of nitrogens with zero attached hydrogens (tertiary/aromatic N) is 1. The Balaban J connectivity index is 1.66. The van der Waals surface area contributed by atoms with E-state index in [1.54, 1.807) is 0 Å². The van der Waals surface area contributed by atoms with Crippen LogP contribution in [-0.4, -0.2) is 30.1 Å². The molecule has 2 heteroatoms. The average Bonchev–Trinajstić information content (AvgIpc) is 2.39. The molecular weight excluding hydrogens is 256 g/mol. The fourth-order valence-corrected chi connectivity index (χ4v) is 4.51. The molecule has 3 unspecified atom stereocenters.